The zero-order chi connectivity index (χ0) is 14.5. The highest BCUT2D eigenvalue weighted by Gasteiger charge is 2.29. The first kappa shape index (κ1) is 15.4. The van der Waals surface area contributed by atoms with Crippen LogP contribution in [-0.4, -0.2) is 44.7 Å². The van der Waals surface area contributed by atoms with Gasteiger partial charge in [-0.15, -0.1) is 0 Å². The van der Waals surface area contributed by atoms with Crippen molar-refractivity contribution in [1.82, 2.24) is 14.7 Å². The summed E-state index contributed by atoms with van der Waals surface area (Å²) in [6, 6.07) is 0.445. The van der Waals surface area contributed by atoms with Gasteiger partial charge in [-0.3, -0.25) is 9.48 Å². The summed E-state index contributed by atoms with van der Waals surface area (Å²) in [4.78, 5) is 14.2. The summed E-state index contributed by atoms with van der Waals surface area (Å²) in [5.41, 5.74) is 1.14. The molecule has 5 heteroatoms. The van der Waals surface area contributed by atoms with Gasteiger partial charge in [-0.25, -0.2) is 0 Å². The van der Waals surface area contributed by atoms with Crippen LogP contribution in [0.25, 0.3) is 0 Å². The molecule has 2 atom stereocenters. The van der Waals surface area contributed by atoms with E-state index in [0.717, 1.165) is 30.1 Å². The number of hydrogen-bond donors (Lipinski definition) is 0. The second kappa shape index (κ2) is 7.16. The van der Waals surface area contributed by atoms with Gasteiger partial charge in [-0.2, -0.15) is 16.9 Å². The molecule has 0 spiro atoms. The van der Waals surface area contributed by atoms with Gasteiger partial charge in [0.1, 0.15) is 0 Å². The molecule has 0 bridgehead atoms. The van der Waals surface area contributed by atoms with E-state index in [4.69, 9.17) is 0 Å². The summed E-state index contributed by atoms with van der Waals surface area (Å²) in [7, 11) is 3.87. The molecule has 1 aromatic rings. The van der Waals surface area contributed by atoms with Crippen LogP contribution in [0.15, 0.2) is 12.4 Å². The molecule has 1 amide bonds. The van der Waals surface area contributed by atoms with E-state index < -0.39 is 0 Å². The third kappa shape index (κ3) is 4.01. The molecular formula is C15H25N3OS. The smallest absolute Gasteiger partial charge is 0.222 e. The molecule has 112 valence electrons. The highest BCUT2D eigenvalue weighted by atomic mass is 32.2. The van der Waals surface area contributed by atoms with E-state index in [-0.39, 0.29) is 5.91 Å². The van der Waals surface area contributed by atoms with E-state index in [1.807, 2.05) is 43.2 Å². The summed E-state index contributed by atoms with van der Waals surface area (Å²) >= 11 is 2.04. The van der Waals surface area contributed by atoms with Crippen LogP contribution in [0, 0.1) is 0 Å². The Balaban J connectivity index is 1.77. The lowest BCUT2D eigenvalue weighted by Gasteiger charge is -2.24. The quantitative estimate of drug-likeness (QED) is 0.809. The van der Waals surface area contributed by atoms with Gasteiger partial charge in [-0.05, 0) is 37.0 Å². The normalized spacial score (nSPS) is 22.1. The van der Waals surface area contributed by atoms with E-state index in [2.05, 4.69) is 12.0 Å². The number of aryl methyl sites for hydroxylation is 2. The van der Waals surface area contributed by atoms with E-state index in [9.17, 15) is 4.79 Å². The number of carbonyl (C=O) groups excluding carboxylic acids is 1. The molecular weight excluding hydrogens is 270 g/mol. The minimum Gasteiger partial charge on any atom is -0.343 e. The van der Waals surface area contributed by atoms with Crippen LogP contribution >= 0.6 is 11.8 Å². The van der Waals surface area contributed by atoms with Crippen molar-refractivity contribution in [2.45, 2.75) is 50.3 Å². The molecule has 4 nitrogen and oxygen atoms in total. The molecule has 1 fully saturated rings. The van der Waals surface area contributed by atoms with Gasteiger partial charge >= 0.3 is 0 Å². The second-order valence-corrected chi connectivity index (χ2v) is 7.15. The Kier molecular flexibility index (Phi) is 5.52. The summed E-state index contributed by atoms with van der Waals surface area (Å²) in [6.45, 7) is 2.21. The predicted octanol–water partition coefficient (Wildman–Crippen LogP) is 2.49. The Morgan fingerprint density at radius 2 is 2.35 bits per heavy atom. The predicted molar refractivity (Wildman–Crippen MR) is 83.9 cm³/mol. The summed E-state index contributed by atoms with van der Waals surface area (Å²) < 4.78 is 1.78. The van der Waals surface area contributed by atoms with Gasteiger partial charge in [0, 0.05) is 38.0 Å². The molecule has 0 aliphatic heterocycles. The third-order valence-corrected chi connectivity index (χ3v) is 5.32. The first-order valence-corrected chi connectivity index (χ1v) is 8.49. The Labute approximate surface area is 125 Å². The summed E-state index contributed by atoms with van der Waals surface area (Å²) in [5, 5.41) is 4.88. The van der Waals surface area contributed by atoms with Crippen LogP contribution in [-0.2, 0) is 18.3 Å². The minimum absolute atomic E-state index is 0.265. The van der Waals surface area contributed by atoms with E-state index >= 15 is 0 Å². The fraction of sp³-hybridized carbons (Fsp3) is 0.733. The molecule has 0 aromatic carbocycles. The highest BCUT2D eigenvalue weighted by Crippen LogP contribution is 2.32. The van der Waals surface area contributed by atoms with Crippen molar-refractivity contribution in [3.8, 4) is 0 Å². The highest BCUT2D eigenvalue weighted by molar-refractivity contribution is 7.99. The maximum atomic E-state index is 12.3. The number of amides is 1. The van der Waals surface area contributed by atoms with Crippen LogP contribution in [0.3, 0.4) is 0 Å². The van der Waals surface area contributed by atoms with Crippen LogP contribution in [0.1, 0.15) is 38.2 Å². The average molecular weight is 295 g/mol. The molecule has 1 aliphatic carbocycles. The molecule has 1 aliphatic rings. The Morgan fingerprint density at radius 3 is 3.00 bits per heavy atom. The average Bonchev–Trinajstić information content (AvgIpc) is 3.05. The van der Waals surface area contributed by atoms with Crippen molar-refractivity contribution in [2.75, 3.05) is 12.8 Å². The first-order chi connectivity index (χ1) is 9.60. The Bertz CT molecular complexity index is 446. The Hall–Kier alpha value is -0.970. The van der Waals surface area contributed by atoms with Crippen molar-refractivity contribution >= 4 is 17.7 Å². The number of carbonyl (C=O) groups is 1. The second-order valence-electron chi connectivity index (χ2n) is 5.57. The van der Waals surface area contributed by atoms with E-state index in [0.29, 0.717) is 12.5 Å². The SMILES string of the molecule is CCS[C@@H]1CC[C@H](N(C)C(=O)CCc2cnn(C)c2)C1. The van der Waals surface area contributed by atoms with Crippen molar-refractivity contribution in [2.24, 2.45) is 7.05 Å². The molecule has 1 saturated carbocycles. The maximum absolute atomic E-state index is 12.3. The number of rotatable bonds is 6. The number of nitrogens with zero attached hydrogens (tertiary/aromatic N) is 3. The molecule has 0 N–H and O–H groups in total. The molecule has 20 heavy (non-hydrogen) atoms. The summed E-state index contributed by atoms with van der Waals surface area (Å²) in [5.74, 6) is 1.44. The lowest BCUT2D eigenvalue weighted by Crippen LogP contribution is -2.35. The van der Waals surface area contributed by atoms with Crippen molar-refractivity contribution in [3.05, 3.63) is 18.0 Å². The van der Waals surface area contributed by atoms with Crippen LogP contribution in [0.4, 0.5) is 0 Å². The molecule has 1 heterocycles. The van der Waals surface area contributed by atoms with Gasteiger partial charge in [0.25, 0.3) is 0 Å². The number of hydrogen-bond acceptors (Lipinski definition) is 3. The van der Waals surface area contributed by atoms with Crippen molar-refractivity contribution in [3.63, 3.8) is 0 Å². The molecule has 0 radical (unpaired) electrons. The standard InChI is InChI=1S/C15H25N3OS/c1-4-20-14-7-6-13(9-14)18(3)15(19)8-5-12-10-16-17(2)11-12/h10-11,13-14H,4-9H2,1-3H3/t13-,14+/m0/s1. The topological polar surface area (TPSA) is 38.1 Å². The molecule has 0 unspecified atom stereocenters. The van der Waals surface area contributed by atoms with Gasteiger partial charge in [-0.1, -0.05) is 6.92 Å². The molecule has 2 rings (SSSR count). The van der Waals surface area contributed by atoms with E-state index in [1.54, 1.807) is 4.68 Å². The Morgan fingerprint density at radius 1 is 1.55 bits per heavy atom. The van der Waals surface area contributed by atoms with Crippen LogP contribution < -0.4 is 0 Å². The minimum atomic E-state index is 0.265. The number of aromatic nitrogens is 2. The van der Waals surface area contributed by atoms with Gasteiger partial charge < -0.3 is 4.90 Å². The van der Waals surface area contributed by atoms with Crippen LogP contribution in [0.2, 0.25) is 0 Å². The lowest BCUT2D eigenvalue weighted by molar-refractivity contribution is -0.131. The van der Waals surface area contributed by atoms with Crippen LogP contribution in [0.5, 0.6) is 0 Å². The lowest BCUT2D eigenvalue weighted by atomic mass is 10.1. The monoisotopic (exact) mass is 295 g/mol. The van der Waals surface area contributed by atoms with Gasteiger partial charge in [0.05, 0.1) is 6.20 Å². The zero-order valence-electron chi connectivity index (χ0n) is 12.7. The molecule has 0 saturated heterocycles. The van der Waals surface area contributed by atoms with Crippen molar-refractivity contribution in [1.29, 1.82) is 0 Å². The fourth-order valence-corrected chi connectivity index (χ4v) is 4.02. The maximum Gasteiger partial charge on any atom is 0.222 e. The zero-order valence-corrected chi connectivity index (χ0v) is 13.5. The van der Waals surface area contributed by atoms with Gasteiger partial charge in [0.2, 0.25) is 5.91 Å². The summed E-state index contributed by atoms with van der Waals surface area (Å²) in [6.07, 6.45) is 8.78. The third-order valence-electron chi connectivity index (χ3n) is 4.09. The van der Waals surface area contributed by atoms with Crippen molar-refractivity contribution < 1.29 is 4.79 Å². The molecule has 1 aromatic heterocycles. The largest absolute Gasteiger partial charge is 0.343 e. The fourth-order valence-electron chi connectivity index (χ4n) is 2.89. The van der Waals surface area contributed by atoms with Gasteiger partial charge in [0.15, 0.2) is 0 Å². The number of thioether (sulfide) groups is 1. The van der Waals surface area contributed by atoms with E-state index in [1.165, 1.54) is 12.2 Å². The first-order valence-electron chi connectivity index (χ1n) is 7.45.